The van der Waals surface area contributed by atoms with E-state index < -0.39 is 0 Å². The number of aromatic nitrogens is 4. The summed E-state index contributed by atoms with van der Waals surface area (Å²) in [5, 5.41) is 0. The fourth-order valence-electron chi connectivity index (χ4n) is 3.04. The number of nitrogens with zero attached hydrogens (tertiary/aromatic N) is 3. The second-order valence-corrected chi connectivity index (χ2v) is 6.37. The third-order valence-corrected chi connectivity index (χ3v) is 4.50. The second kappa shape index (κ2) is 9.42. The molecule has 0 aliphatic heterocycles. The average molecular weight is 335 g/mol. The van der Waals surface area contributed by atoms with Crippen molar-refractivity contribution in [3.63, 3.8) is 0 Å². The maximum atomic E-state index is 12.3. The highest BCUT2D eigenvalue weighted by Gasteiger charge is 2.12. The molecule has 2 aromatic rings. The number of imidazole rings is 1. The zero-order valence-corrected chi connectivity index (χ0v) is 14.6. The molecule has 0 aliphatic carbocycles. The number of hydrogen-bond donors (Lipinski definition) is 2. The highest BCUT2D eigenvalue weighted by Crippen LogP contribution is 2.09. The topological polar surface area (TPSA) is 98.7 Å². The molecular weight excluding hydrogens is 306 g/mol. The van der Waals surface area contributed by atoms with Crippen molar-refractivity contribution in [2.75, 3.05) is 6.54 Å². The first kappa shape index (κ1) is 18.4. The van der Waals surface area contributed by atoms with Gasteiger partial charge in [0.1, 0.15) is 5.52 Å². The maximum Gasteiger partial charge on any atom is 0.332 e. The van der Waals surface area contributed by atoms with Crippen molar-refractivity contribution in [2.24, 2.45) is 12.8 Å². The maximum absolute atomic E-state index is 12.3. The third-order valence-electron chi connectivity index (χ3n) is 4.50. The summed E-state index contributed by atoms with van der Waals surface area (Å²) in [6, 6.07) is 0. The minimum atomic E-state index is -0.292. The van der Waals surface area contributed by atoms with Gasteiger partial charge in [-0.25, -0.2) is 9.78 Å². The van der Waals surface area contributed by atoms with E-state index >= 15 is 0 Å². The predicted octanol–water partition coefficient (Wildman–Crippen LogP) is 1.89. The molecule has 7 nitrogen and oxygen atoms in total. The number of nitrogens with two attached hydrogens (primary N) is 1. The van der Waals surface area contributed by atoms with Gasteiger partial charge < -0.3 is 10.7 Å². The molecule has 0 amide bonds. The molecule has 134 valence electrons. The summed E-state index contributed by atoms with van der Waals surface area (Å²) in [6.07, 6.45) is 11.9. The Bertz CT molecular complexity index is 743. The second-order valence-electron chi connectivity index (χ2n) is 6.37. The molecule has 24 heavy (non-hydrogen) atoms. The molecule has 0 aromatic carbocycles. The minimum absolute atomic E-state index is 0.273. The molecular formula is C17H29N5O2. The van der Waals surface area contributed by atoms with Gasteiger partial charge in [0.15, 0.2) is 5.65 Å². The lowest BCUT2D eigenvalue weighted by Gasteiger charge is -2.07. The van der Waals surface area contributed by atoms with E-state index in [-0.39, 0.29) is 11.2 Å². The quantitative estimate of drug-likeness (QED) is 0.613. The van der Waals surface area contributed by atoms with Gasteiger partial charge in [0.25, 0.3) is 5.56 Å². The van der Waals surface area contributed by atoms with Gasteiger partial charge in [-0.3, -0.25) is 13.9 Å². The van der Waals surface area contributed by atoms with Gasteiger partial charge in [-0.05, 0) is 19.4 Å². The van der Waals surface area contributed by atoms with E-state index in [2.05, 4.69) is 9.97 Å². The van der Waals surface area contributed by atoms with E-state index in [4.69, 9.17) is 5.73 Å². The summed E-state index contributed by atoms with van der Waals surface area (Å²) >= 11 is 0. The van der Waals surface area contributed by atoms with E-state index in [1.54, 1.807) is 7.05 Å². The Kier molecular flexibility index (Phi) is 7.24. The largest absolute Gasteiger partial charge is 0.339 e. The fourth-order valence-corrected chi connectivity index (χ4v) is 3.04. The third kappa shape index (κ3) is 4.56. The molecule has 0 atom stereocenters. The lowest BCUT2D eigenvalue weighted by atomic mass is 10.1. The van der Waals surface area contributed by atoms with Gasteiger partial charge in [0.2, 0.25) is 0 Å². The molecule has 0 aliphatic rings. The number of H-pyrrole nitrogens is 1. The summed E-state index contributed by atoms with van der Waals surface area (Å²) in [4.78, 5) is 31.4. The van der Waals surface area contributed by atoms with Crippen LogP contribution in [0.25, 0.3) is 11.2 Å². The van der Waals surface area contributed by atoms with Gasteiger partial charge in [-0.2, -0.15) is 0 Å². The molecule has 0 fully saturated rings. The number of nitrogens with one attached hydrogen (secondary N) is 1. The first-order valence-corrected chi connectivity index (χ1v) is 8.99. The molecule has 2 rings (SSSR count). The van der Waals surface area contributed by atoms with Crippen molar-refractivity contribution < 1.29 is 0 Å². The highest BCUT2D eigenvalue weighted by molar-refractivity contribution is 5.68. The van der Waals surface area contributed by atoms with Crippen molar-refractivity contribution in [2.45, 2.75) is 64.3 Å². The lowest BCUT2D eigenvalue weighted by Crippen LogP contribution is -2.39. The predicted molar refractivity (Wildman–Crippen MR) is 96.2 cm³/mol. The molecule has 0 unspecified atom stereocenters. The Balaban J connectivity index is 1.74. The standard InChI is InChI=1S/C17H29N5O2/c1-21-15-14(19-13-20-15)16(23)22(17(21)24)12-10-8-6-4-2-3-5-7-9-11-18/h13H,2-12,18H2,1H3,(H,19,20). The average Bonchev–Trinajstić information content (AvgIpc) is 3.07. The van der Waals surface area contributed by atoms with E-state index in [9.17, 15) is 9.59 Å². The summed E-state index contributed by atoms with van der Waals surface area (Å²) in [7, 11) is 1.64. The molecule has 2 aromatic heterocycles. The van der Waals surface area contributed by atoms with E-state index in [0.29, 0.717) is 17.7 Å². The number of unbranched alkanes of at least 4 members (excludes halogenated alkanes) is 8. The summed E-state index contributed by atoms with van der Waals surface area (Å²) in [5.74, 6) is 0. The smallest absolute Gasteiger partial charge is 0.332 e. The van der Waals surface area contributed by atoms with Crippen molar-refractivity contribution >= 4 is 11.2 Å². The first-order chi connectivity index (χ1) is 11.7. The van der Waals surface area contributed by atoms with Gasteiger partial charge in [0, 0.05) is 13.6 Å². The molecule has 0 saturated carbocycles. The van der Waals surface area contributed by atoms with E-state index in [1.165, 1.54) is 47.6 Å². The summed E-state index contributed by atoms with van der Waals surface area (Å²) < 4.78 is 2.74. The minimum Gasteiger partial charge on any atom is -0.339 e. The Hall–Kier alpha value is -1.89. The van der Waals surface area contributed by atoms with Crippen LogP contribution in [0.2, 0.25) is 0 Å². The molecule has 0 radical (unpaired) electrons. The molecule has 0 bridgehead atoms. The Labute approximate surface area is 141 Å². The SMILES string of the molecule is Cn1c(=O)n(CCCCCCCCCCCN)c(=O)c2[nH]cnc21. The lowest BCUT2D eigenvalue weighted by molar-refractivity contribution is 0.516. The van der Waals surface area contributed by atoms with Crippen LogP contribution < -0.4 is 17.0 Å². The number of aryl methyl sites for hydroxylation is 1. The Morgan fingerprint density at radius 3 is 2.21 bits per heavy atom. The van der Waals surface area contributed by atoms with Crippen LogP contribution in [0.15, 0.2) is 15.9 Å². The zero-order chi connectivity index (χ0) is 17.4. The molecule has 2 heterocycles. The van der Waals surface area contributed by atoms with Crippen LogP contribution in [-0.2, 0) is 13.6 Å². The van der Waals surface area contributed by atoms with E-state index in [0.717, 1.165) is 32.2 Å². The van der Waals surface area contributed by atoms with Crippen LogP contribution >= 0.6 is 0 Å². The number of fused-ring (bicyclic) bond motifs is 1. The van der Waals surface area contributed by atoms with E-state index in [1.807, 2.05) is 0 Å². The van der Waals surface area contributed by atoms with Crippen molar-refractivity contribution in [3.05, 3.63) is 27.2 Å². The normalized spacial score (nSPS) is 11.4. The molecule has 7 heteroatoms. The van der Waals surface area contributed by atoms with Gasteiger partial charge in [-0.1, -0.05) is 44.9 Å². The Morgan fingerprint density at radius 2 is 1.58 bits per heavy atom. The van der Waals surface area contributed by atoms with Gasteiger partial charge in [0.05, 0.1) is 6.33 Å². The monoisotopic (exact) mass is 335 g/mol. The van der Waals surface area contributed by atoms with Crippen molar-refractivity contribution in [3.8, 4) is 0 Å². The summed E-state index contributed by atoms with van der Waals surface area (Å²) in [6.45, 7) is 1.26. The van der Waals surface area contributed by atoms with Crippen LogP contribution in [0.1, 0.15) is 57.8 Å². The number of hydrogen-bond acceptors (Lipinski definition) is 4. The summed E-state index contributed by atoms with van der Waals surface area (Å²) in [5.41, 5.74) is 5.72. The molecule has 3 N–H and O–H groups in total. The van der Waals surface area contributed by atoms with Crippen LogP contribution in [0, 0.1) is 0 Å². The van der Waals surface area contributed by atoms with Crippen LogP contribution in [0.5, 0.6) is 0 Å². The van der Waals surface area contributed by atoms with Crippen molar-refractivity contribution in [1.82, 2.24) is 19.1 Å². The van der Waals surface area contributed by atoms with Crippen LogP contribution in [0.3, 0.4) is 0 Å². The first-order valence-electron chi connectivity index (χ1n) is 8.99. The number of rotatable bonds is 11. The Morgan fingerprint density at radius 1 is 1.00 bits per heavy atom. The van der Waals surface area contributed by atoms with Crippen LogP contribution in [0.4, 0.5) is 0 Å². The fraction of sp³-hybridized carbons (Fsp3) is 0.706. The van der Waals surface area contributed by atoms with Gasteiger partial charge >= 0.3 is 5.69 Å². The van der Waals surface area contributed by atoms with Crippen LogP contribution in [-0.4, -0.2) is 25.6 Å². The molecule has 0 saturated heterocycles. The molecule has 0 spiro atoms. The van der Waals surface area contributed by atoms with Crippen molar-refractivity contribution in [1.29, 1.82) is 0 Å². The zero-order valence-electron chi connectivity index (χ0n) is 14.6. The highest BCUT2D eigenvalue weighted by atomic mass is 16.2. The number of aromatic amines is 1. The van der Waals surface area contributed by atoms with Gasteiger partial charge in [-0.15, -0.1) is 0 Å².